The highest BCUT2D eigenvalue weighted by atomic mass is 16.7. The van der Waals surface area contributed by atoms with E-state index in [4.69, 9.17) is 15.2 Å². The Hall–Kier alpha value is -1.10. The second-order valence-electron chi connectivity index (χ2n) is 8.28. The van der Waals surface area contributed by atoms with Crippen LogP contribution in [0.3, 0.4) is 0 Å². The second-order valence-corrected chi connectivity index (χ2v) is 8.28. The van der Waals surface area contributed by atoms with Crippen molar-refractivity contribution in [3.05, 3.63) is 0 Å². The molecule has 176 valence electrons. The number of hydrogen-bond donors (Lipinski definition) is 5. The van der Waals surface area contributed by atoms with E-state index in [0.29, 0.717) is 19.3 Å². The molecule has 6 N–H and O–H groups in total. The van der Waals surface area contributed by atoms with Gasteiger partial charge in [-0.25, -0.2) is 0 Å². The molecule has 0 spiro atoms. The lowest BCUT2D eigenvalue weighted by Crippen LogP contribution is -2.62. The van der Waals surface area contributed by atoms with Gasteiger partial charge in [-0.3, -0.25) is 9.59 Å². The number of aliphatic hydroxyl groups is 3. The zero-order valence-corrected chi connectivity index (χ0v) is 18.5. The molecular formula is C21H40N2O7. The number of rotatable bonds is 14. The third kappa shape index (κ3) is 8.56. The van der Waals surface area contributed by atoms with Crippen LogP contribution >= 0.6 is 0 Å². The molecule has 0 aromatic carbocycles. The molecule has 30 heavy (non-hydrogen) atoms. The third-order valence-corrected chi connectivity index (χ3v) is 5.35. The zero-order chi connectivity index (χ0) is 22.7. The van der Waals surface area contributed by atoms with Crippen molar-refractivity contribution in [1.29, 1.82) is 0 Å². The van der Waals surface area contributed by atoms with Gasteiger partial charge in [0, 0.05) is 18.9 Å². The summed E-state index contributed by atoms with van der Waals surface area (Å²) in [6, 6.07) is -1.37. The van der Waals surface area contributed by atoms with Gasteiger partial charge in [-0.05, 0) is 19.3 Å². The number of ether oxygens (including phenoxy) is 2. The largest absolute Gasteiger partial charge is 0.394 e. The normalized spacial score (nSPS) is 27.8. The molecule has 0 saturated carbocycles. The van der Waals surface area contributed by atoms with E-state index in [1.54, 1.807) is 0 Å². The van der Waals surface area contributed by atoms with E-state index < -0.39 is 43.3 Å². The average molecular weight is 433 g/mol. The maximum atomic E-state index is 12.3. The summed E-state index contributed by atoms with van der Waals surface area (Å²) in [7, 11) is 0. The fraction of sp³-hybridized carbons (Fsp3) is 0.905. The van der Waals surface area contributed by atoms with Gasteiger partial charge in [-0.15, -0.1) is 0 Å². The van der Waals surface area contributed by atoms with Crippen molar-refractivity contribution in [3.8, 4) is 0 Å². The molecule has 1 saturated heterocycles. The first-order valence-corrected chi connectivity index (χ1v) is 11.1. The predicted octanol–water partition coefficient (Wildman–Crippen LogP) is 0.230. The van der Waals surface area contributed by atoms with Gasteiger partial charge in [0.1, 0.15) is 18.3 Å². The Labute approximate surface area is 179 Å². The molecule has 0 aliphatic carbocycles. The summed E-state index contributed by atoms with van der Waals surface area (Å²) in [4.78, 5) is 24.6. The summed E-state index contributed by atoms with van der Waals surface area (Å²) >= 11 is 0. The van der Waals surface area contributed by atoms with Crippen molar-refractivity contribution in [2.75, 3.05) is 13.2 Å². The van der Waals surface area contributed by atoms with E-state index in [2.05, 4.69) is 12.2 Å². The topological polar surface area (TPSA) is 151 Å². The molecule has 1 aliphatic rings. The van der Waals surface area contributed by atoms with Gasteiger partial charge >= 0.3 is 0 Å². The number of amides is 1. The fourth-order valence-corrected chi connectivity index (χ4v) is 3.39. The van der Waals surface area contributed by atoms with E-state index in [9.17, 15) is 24.9 Å². The third-order valence-electron chi connectivity index (χ3n) is 5.35. The van der Waals surface area contributed by atoms with E-state index in [1.807, 2.05) is 13.8 Å². The molecule has 6 atom stereocenters. The molecule has 9 heteroatoms. The van der Waals surface area contributed by atoms with E-state index >= 15 is 0 Å². The Morgan fingerprint density at radius 1 is 1.13 bits per heavy atom. The maximum Gasteiger partial charge on any atom is 0.220 e. The highest BCUT2D eigenvalue weighted by molar-refractivity contribution is 5.90. The maximum absolute atomic E-state index is 12.3. The van der Waals surface area contributed by atoms with Gasteiger partial charge in [0.05, 0.1) is 18.7 Å². The van der Waals surface area contributed by atoms with E-state index in [0.717, 1.165) is 19.3 Å². The summed E-state index contributed by atoms with van der Waals surface area (Å²) < 4.78 is 10.9. The van der Waals surface area contributed by atoms with Gasteiger partial charge in [0.15, 0.2) is 12.1 Å². The molecule has 0 aromatic heterocycles. The highest BCUT2D eigenvalue weighted by Gasteiger charge is 2.42. The van der Waals surface area contributed by atoms with Crippen LogP contribution in [0.1, 0.15) is 65.7 Å². The predicted molar refractivity (Wildman–Crippen MR) is 111 cm³/mol. The molecule has 0 radical (unpaired) electrons. The number of carbonyl (C=O) groups is 2. The Morgan fingerprint density at radius 3 is 2.43 bits per heavy atom. The summed E-state index contributed by atoms with van der Waals surface area (Å²) in [6.45, 7) is 5.57. The van der Waals surface area contributed by atoms with E-state index in [-0.39, 0.29) is 30.6 Å². The number of carbonyl (C=O) groups excluding carboxylic acids is 2. The van der Waals surface area contributed by atoms with Crippen molar-refractivity contribution in [2.24, 2.45) is 11.7 Å². The van der Waals surface area contributed by atoms with Gasteiger partial charge in [0.2, 0.25) is 5.91 Å². The molecule has 1 heterocycles. The Morgan fingerprint density at radius 2 is 1.83 bits per heavy atom. The first kappa shape index (κ1) is 26.9. The second kappa shape index (κ2) is 14.1. The summed E-state index contributed by atoms with van der Waals surface area (Å²) in [5.74, 6) is -0.220. The number of ketones is 1. The SMILES string of the molecule is CCCCCC(NC(=O)CCCCO[C@@H]1OC(CO)[C@H](O)C(O)[C@@H]1N)C(=O)C(C)C. The molecule has 1 rings (SSSR count). The first-order chi connectivity index (χ1) is 14.2. The van der Waals surface area contributed by atoms with Gasteiger partial charge < -0.3 is 35.8 Å². The first-order valence-electron chi connectivity index (χ1n) is 11.1. The minimum absolute atomic E-state index is 0.0606. The van der Waals surface area contributed by atoms with Crippen LogP contribution in [0.15, 0.2) is 0 Å². The summed E-state index contributed by atoms with van der Waals surface area (Å²) in [5, 5.41) is 31.8. The standard InChI is InChI=1S/C21H40N2O7/c1-4-5-6-9-14(18(26)13(2)3)23-16(25)10-7-8-11-29-21-17(22)20(28)19(27)15(12-24)30-21/h13-15,17,19-21,24,27-28H,4-12,22H2,1-3H3,(H,23,25)/t14?,15?,17-,19-,20?,21+/m0/s1. The number of Topliss-reactive ketones (excluding diaryl/α,β-unsaturated/α-hetero) is 1. The molecular weight excluding hydrogens is 392 g/mol. The summed E-state index contributed by atoms with van der Waals surface area (Å²) in [5.41, 5.74) is 5.81. The Balaban J connectivity index is 2.35. The molecule has 0 bridgehead atoms. The van der Waals surface area contributed by atoms with Gasteiger partial charge in [-0.2, -0.15) is 0 Å². The van der Waals surface area contributed by atoms with Crippen LogP contribution in [0.4, 0.5) is 0 Å². The lowest BCUT2D eigenvalue weighted by molar-refractivity contribution is -0.265. The number of aliphatic hydroxyl groups excluding tert-OH is 3. The van der Waals surface area contributed by atoms with Crippen LogP contribution in [0.25, 0.3) is 0 Å². The Kier molecular flexibility index (Phi) is 12.6. The number of hydrogen-bond acceptors (Lipinski definition) is 8. The molecule has 1 fully saturated rings. The smallest absolute Gasteiger partial charge is 0.220 e. The fourth-order valence-electron chi connectivity index (χ4n) is 3.39. The molecule has 1 aliphatic heterocycles. The number of unbranched alkanes of at least 4 members (excludes halogenated alkanes) is 3. The van der Waals surface area contributed by atoms with Crippen molar-refractivity contribution >= 4 is 11.7 Å². The molecule has 0 aromatic rings. The average Bonchev–Trinajstić information content (AvgIpc) is 2.72. The minimum atomic E-state index is -1.27. The van der Waals surface area contributed by atoms with Crippen LogP contribution in [0.2, 0.25) is 0 Å². The zero-order valence-electron chi connectivity index (χ0n) is 18.5. The number of nitrogens with two attached hydrogens (primary N) is 1. The molecule has 1 amide bonds. The molecule has 3 unspecified atom stereocenters. The highest BCUT2D eigenvalue weighted by Crippen LogP contribution is 2.21. The quantitative estimate of drug-likeness (QED) is 0.245. The van der Waals surface area contributed by atoms with Crippen LogP contribution < -0.4 is 11.1 Å². The van der Waals surface area contributed by atoms with Crippen molar-refractivity contribution < 1.29 is 34.4 Å². The monoisotopic (exact) mass is 432 g/mol. The van der Waals surface area contributed by atoms with Crippen LogP contribution in [0, 0.1) is 5.92 Å². The van der Waals surface area contributed by atoms with Crippen LogP contribution in [-0.2, 0) is 19.1 Å². The van der Waals surface area contributed by atoms with Crippen LogP contribution in [0.5, 0.6) is 0 Å². The lowest BCUT2D eigenvalue weighted by atomic mass is 9.96. The van der Waals surface area contributed by atoms with Crippen LogP contribution in [-0.4, -0.2) is 76.9 Å². The van der Waals surface area contributed by atoms with E-state index in [1.165, 1.54) is 0 Å². The minimum Gasteiger partial charge on any atom is -0.394 e. The summed E-state index contributed by atoms with van der Waals surface area (Å²) in [6.07, 6.45) is 0.616. The van der Waals surface area contributed by atoms with Gasteiger partial charge in [-0.1, -0.05) is 40.0 Å². The molecule has 9 nitrogen and oxygen atoms in total. The number of nitrogens with one attached hydrogen (secondary N) is 1. The van der Waals surface area contributed by atoms with Crippen molar-refractivity contribution in [1.82, 2.24) is 5.32 Å². The van der Waals surface area contributed by atoms with Gasteiger partial charge in [0.25, 0.3) is 0 Å². The lowest BCUT2D eigenvalue weighted by Gasteiger charge is -2.40. The van der Waals surface area contributed by atoms with Crippen molar-refractivity contribution in [2.45, 2.75) is 102 Å². The Bertz CT molecular complexity index is 516. The van der Waals surface area contributed by atoms with Crippen molar-refractivity contribution in [3.63, 3.8) is 0 Å².